The largest absolute Gasteiger partial charge is 0.477 e. The summed E-state index contributed by atoms with van der Waals surface area (Å²) in [7, 11) is 0. The van der Waals surface area contributed by atoms with E-state index in [1.54, 1.807) is 6.07 Å². The van der Waals surface area contributed by atoms with Gasteiger partial charge in [-0.2, -0.15) is 0 Å². The summed E-state index contributed by atoms with van der Waals surface area (Å²) >= 11 is 0. The first-order valence-corrected chi connectivity index (χ1v) is 5.65. The summed E-state index contributed by atoms with van der Waals surface area (Å²) in [5, 5.41) is 19.5. The molecule has 20 heavy (non-hydrogen) atoms. The Labute approximate surface area is 112 Å². The molecule has 0 saturated heterocycles. The number of pyridine rings is 1. The van der Waals surface area contributed by atoms with Gasteiger partial charge in [0.15, 0.2) is 0 Å². The molecule has 102 valence electrons. The number of aromatic nitrogens is 1. The van der Waals surface area contributed by atoms with Gasteiger partial charge in [-0.05, 0) is 17.7 Å². The predicted molar refractivity (Wildman–Crippen MR) is 69.9 cm³/mol. The molecule has 7 nitrogen and oxygen atoms in total. The second-order valence-corrected chi connectivity index (χ2v) is 4.09. The third-order valence-corrected chi connectivity index (χ3v) is 2.72. The molecule has 2 aromatic rings. The number of nitrogens with zero attached hydrogens (tertiary/aromatic N) is 2. The monoisotopic (exact) mass is 274 g/mol. The van der Waals surface area contributed by atoms with Crippen molar-refractivity contribution in [1.82, 2.24) is 4.57 Å². The SMILES string of the molecule is O=C(O)c1cccn(Cc2cccc([N+](=O)[O-])c2)c1=O. The van der Waals surface area contributed by atoms with Crippen molar-refractivity contribution >= 4 is 11.7 Å². The Hall–Kier alpha value is -2.96. The average Bonchev–Trinajstić information content (AvgIpc) is 2.41. The minimum atomic E-state index is -1.30. The molecule has 1 aromatic carbocycles. The summed E-state index contributed by atoms with van der Waals surface area (Å²) in [4.78, 5) is 32.9. The van der Waals surface area contributed by atoms with Gasteiger partial charge in [-0.1, -0.05) is 12.1 Å². The minimum Gasteiger partial charge on any atom is -0.477 e. The van der Waals surface area contributed by atoms with Crippen molar-refractivity contribution in [2.24, 2.45) is 0 Å². The highest BCUT2D eigenvalue weighted by atomic mass is 16.6. The molecule has 2 rings (SSSR count). The molecular weight excluding hydrogens is 264 g/mol. The van der Waals surface area contributed by atoms with E-state index in [0.29, 0.717) is 5.56 Å². The Bertz CT molecular complexity index is 736. The average molecular weight is 274 g/mol. The highest BCUT2D eigenvalue weighted by Gasteiger charge is 2.11. The standard InChI is InChI=1S/C13H10N2O5/c16-12-11(13(17)18)5-2-6-14(12)8-9-3-1-4-10(7-9)15(19)20/h1-7H,8H2,(H,17,18). The molecule has 0 saturated carbocycles. The Kier molecular flexibility index (Phi) is 3.60. The Morgan fingerprint density at radius 1 is 1.30 bits per heavy atom. The number of carbonyl (C=O) groups is 1. The van der Waals surface area contributed by atoms with Crippen molar-refractivity contribution in [2.75, 3.05) is 0 Å². The molecule has 0 radical (unpaired) electrons. The second kappa shape index (κ2) is 5.35. The summed E-state index contributed by atoms with van der Waals surface area (Å²) in [6.07, 6.45) is 1.44. The predicted octanol–water partition coefficient (Wildman–Crippen LogP) is 1.50. The van der Waals surface area contributed by atoms with Gasteiger partial charge in [0.05, 0.1) is 11.5 Å². The molecular formula is C13H10N2O5. The number of carboxylic acids is 1. The van der Waals surface area contributed by atoms with Gasteiger partial charge < -0.3 is 9.67 Å². The van der Waals surface area contributed by atoms with Gasteiger partial charge in [0.2, 0.25) is 0 Å². The number of carboxylic acid groups (broad SMARTS) is 1. The number of aromatic carboxylic acids is 1. The van der Waals surface area contributed by atoms with E-state index in [4.69, 9.17) is 5.11 Å². The van der Waals surface area contributed by atoms with Crippen molar-refractivity contribution in [2.45, 2.75) is 6.54 Å². The van der Waals surface area contributed by atoms with E-state index in [2.05, 4.69) is 0 Å². The Morgan fingerprint density at radius 2 is 2.05 bits per heavy atom. The number of nitro groups is 1. The first kappa shape index (κ1) is 13.5. The van der Waals surface area contributed by atoms with Crippen LogP contribution in [0.1, 0.15) is 15.9 Å². The summed E-state index contributed by atoms with van der Waals surface area (Å²) in [5.74, 6) is -1.30. The van der Waals surface area contributed by atoms with Crippen LogP contribution in [0.25, 0.3) is 0 Å². The molecule has 0 bridgehead atoms. The van der Waals surface area contributed by atoms with Gasteiger partial charge in [0, 0.05) is 18.3 Å². The maximum absolute atomic E-state index is 11.9. The molecule has 0 unspecified atom stereocenters. The Balaban J connectivity index is 2.38. The van der Waals surface area contributed by atoms with Crippen LogP contribution in [0.5, 0.6) is 0 Å². The fourth-order valence-corrected chi connectivity index (χ4v) is 1.79. The van der Waals surface area contributed by atoms with Crippen LogP contribution >= 0.6 is 0 Å². The lowest BCUT2D eigenvalue weighted by atomic mass is 10.2. The topological polar surface area (TPSA) is 102 Å². The quantitative estimate of drug-likeness (QED) is 0.672. The summed E-state index contributed by atoms with van der Waals surface area (Å²) in [5.41, 5.74) is -0.516. The Morgan fingerprint density at radius 3 is 2.70 bits per heavy atom. The highest BCUT2D eigenvalue weighted by Crippen LogP contribution is 2.13. The van der Waals surface area contributed by atoms with E-state index in [1.165, 1.54) is 41.1 Å². The van der Waals surface area contributed by atoms with Crippen LogP contribution in [0, 0.1) is 10.1 Å². The van der Waals surface area contributed by atoms with E-state index in [0.717, 1.165) is 0 Å². The molecule has 0 spiro atoms. The van der Waals surface area contributed by atoms with E-state index in [9.17, 15) is 19.7 Å². The smallest absolute Gasteiger partial charge is 0.341 e. The van der Waals surface area contributed by atoms with Gasteiger partial charge in [0.25, 0.3) is 11.2 Å². The number of hydrogen-bond donors (Lipinski definition) is 1. The van der Waals surface area contributed by atoms with E-state index < -0.39 is 16.5 Å². The summed E-state index contributed by atoms with van der Waals surface area (Å²) in [6, 6.07) is 8.50. The van der Waals surface area contributed by atoms with Crippen molar-refractivity contribution in [3.8, 4) is 0 Å². The number of rotatable bonds is 4. The molecule has 0 fully saturated rings. The molecule has 0 atom stereocenters. The second-order valence-electron chi connectivity index (χ2n) is 4.09. The maximum Gasteiger partial charge on any atom is 0.341 e. The van der Waals surface area contributed by atoms with Crippen LogP contribution in [-0.4, -0.2) is 20.6 Å². The summed E-state index contributed by atoms with van der Waals surface area (Å²) in [6.45, 7) is 0.0711. The van der Waals surface area contributed by atoms with Crippen molar-refractivity contribution < 1.29 is 14.8 Å². The molecule has 0 aliphatic rings. The van der Waals surface area contributed by atoms with Gasteiger partial charge >= 0.3 is 5.97 Å². The van der Waals surface area contributed by atoms with Crippen LogP contribution in [0.15, 0.2) is 47.4 Å². The van der Waals surface area contributed by atoms with Gasteiger partial charge in [-0.3, -0.25) is 14.9 Å². The molecule has 1 aromatic heterocycles. The number of benzene rings is 1. The molecule has 0 amide bonds. The zero-order valence-electron chi connectivity index (χ0n) is 10.2. The summed E-state index contributed by atoms with van der Waals surface area (Å²) < 4.78 is 1.20. The van der Waals surface area contributed by atoms with Crippen LogP contribution in [0.3, 0.4) is 0 Å². The fraction of sp³-hybridized carbons (Fsp3) is 0.0769. The van der Waals surface area contributed by atoms with Crippen LogP contribution < -0.4 is 5.56 Å². The lowest BCUT2D eigenvalue weighted by Gasteiger charge is -2.06. The third kappa shape index (κ3) is 2.72. The fourth-order valence-electron chi connectivity index (χ4n) is 1.79. The first-order valence-electron chi connectivity index (χ1n) is 5.65. The first-order chi connectivity index (χ1) is 9.49. The number of non-ortho nitro benzene ring substituents is 1. The molecule has 7 heteroatoms. The minimum absolute atomic E-state index is 0.0711. The third-order valence-electron chi connectivity index (χ3n) is 2.72. The van der Waals surface area contributed by atoms with Crippen molar-refractivity contribution in [1.29, 1.82) is 0 Å². The number of hydrogen-bond acceptors (Lipinski definition) is 4. The zero-order chi connectivity index (χ0) is 14.7. The van der Waals surface area contributed by atoms with E-state index in [-0.39, 0.29) is 17.8 Å². The normalized spacial score (nSPS) is 10.2. The molecule has 1 N–H and O–H groups in total. The highest BCUT2D eigenvalue weighted by molar-refractivity contribution is 5.86. The van der Waals surface area contributed by atoms with Gasteiger partial charge in [0.1, 0.15) is 5.56 Å². The lowest BCUT2D eigenvalue weighted by Crippen LogP contribution is -2.25. The zero-order valence-corrected chi connectivity index (χ0v) is 10.2. The number of nitro benzene ring substituents is 1. The van der Waals surface area contributed by atoms with Crippen LogP contribution in [0.4, 0.5) is 5.69 Å². The molecule has 0 aliphatic heterocycles. The van der Waals surface area contributed by atoms with Crippen molar-refractivity contribution in [3.63, 3.8) is 0 Å². The maximum atomic E-state index is 11.9. The molecule has 1 heterocycles. The van der Waals surface area contributed by atoms with Gasteiger partial charge in [-0.25, -0.2) is 4.79 Å². The van der Waals surface area contributed by atoms with Crippen LogP contribution in [0.2, 0.25) is 0 Å². The van der Waals surface area contributed by atoms with Gasteiger partial charge in [-0.15, -0.1) is 0 Å². The molecule has 0 aliphatic carbocycles. The van der Waals surface area contributed by atoms with Crippen LogP contribution in [-0.2, 0) is 6.54 Å². The lowest BCUT2D eigenvalue weighted by molar-refractivity contribution is -0.384. The van der Waals surface area contributed by atoms with Crippen molar-refractivity contribution in [3.05, 3.63) is 74.2 Å². The van der Waals surface area contributed by atoms with E-state index >= 15 is 0 Å². The van der Waals surface area contributed by atoms with E-state index in [1.807, 2.05) is 0 Å².